The Labute approximate surface area is 128 Å². The number of carbonyl (C=O) groups excluding carboxylic acids is 4. The average Bonchev–Trinajstić information content (AvgIpc) is 2.15. The fourth-order valence-electron chi connectivity index (χ4n) is 1.16. The molecule has 115 valence electrons. The van der Waals surface area contributed by atoms with E-state index in [1.165, 1.54) is 34.6 Å². The van der Waals surface area contributed by atoms with E-state index in [0.29, 0.717) is 0 Å². The first kappa shape index (κ1) is 23.4. The smallest absolute Gasteiger partial charge is 0.877 e. The van der Waals surface area contributed by atoms with E-state index in [1.807, 2.05) is 0 Å². The van der Waals surface area contributed by atoms with Gasteiger partial charge in [0.15, 0.2) is 23.1 Å². The molecule has 0 aliphatic rings. The van der Waals surface area contributed by atoms with Crippen molar-refractivity contribution in [2.75, 3.05) is 0 Å². The molecule has 0 N–H and O–H groups in total. The van der Waals surface area contributed by atoms with Gasteiger partial charge in [0.1, 0.15) is 0 Å². The van der Waals surface area contributed by atoms with E-state index in [0.717, 1.165) is 0 Å². The van der Waals surface area contributed by atoms with Crippen LogP contribution in [0.3, 0.4) is 0 Å². The van der Waals surface area contributed by atoms with Gasteiger partial charge < -0.3 is 10.2 Å². The van der Waals surface area contributed by atoms with Crippen LogP contribution in [0.4, 0.5) is 0 Å². The number of ketones is 4. The number of hydrogen-bond acceptors (Lipinski definition) is 6. The Balaban J connectivity index is -0.000000277. The Bertz CT molecular complexity index is 423. The van der Waals surface area contributed by atoms with E-state index >= 15 is 0 Å². The maximum absolute atomic E-state index is 10.5. The van der Waals surface area contributed by atoms with E-state index in [9.17, 15) is 29.4 Å². The van der Waals surface area contributed by atoms with Gasteiger partial charge in [-0.1, -0.05) is 6.92 Å². The maximum Gasteiger partial charge on any atom is 2.00 e. The molecule has 0 amide bonds. The summed E-state index contributed by atoms with van der Waals surface area (Å²) in [5.41, 5.74) is -0.491. The van der Waals surface area contributed by atoms with Crippen LogP contribution < -0.4 is 10.2 Å². The standard InChI is InChI=1S/C7H10O3.C6H8O3.Cu/c1-4(8)7(5(2)9)6(3)10;1-4(8)6(3-7)5(2)9;/h8H,1-3H3;3,7H,1-2H3;/q;;+2/p-2. The Hall–Kier alpha value is -1.72. The normalized spacial score (nSPS) is 8.05. The van der Waals surface area contributed by atoms with Crippen LogP contribution in [0.25, 0.3) is 0 Å². The van der Waals surface area contributed by atoms with E-state index in [4.69, 9.17) is 0 Å². The molecule has 0 aromatic heterocycles. The third kappa shape index (κ3) is 9.24. The zero-order chi connectivity index (χ0) is 15.7. The molecule has 0 heterocycles. The fourth-order valence-corrected chi connectivity index (χ4v) is 1.16. The van der Waals surface area contributed by atoms with Gasteiger partial charge >= 0.3 is 17.1 Å². The average molecular weight is 332 g/mol. The summed E-state index contributed by atoms with van der Waals surface area (Å²) >= 11 is 0. The molecule has 0 rings (SSSR count). The molecule has 0 unspecified atom stereocenters. The van der Waals surface area contributed by atoms with Crippen LogP contribution in [-0.4, -0.2) is 23.1 Å². The summed E-state index contributed by atoms with van der Waals surface area (Å²) in [5.74, 6) is -2.32. The van der Waals surface area contributed by atoms with Crippen molar-refractivity contribution in [3.63, 3.8) is 0 Å². The van der Waals surface area contributed by atoms with Gasteiger partial charge in [-0.3, -0.25) is 19.2 Å². The molecule has 20 heavy (non-hydrogen) atoms. The van der Waals surface area contributed by atoms with Crippen molar-refractivity contribution in [2.24, 2.45) is 0 Å². The number of Topliss-reactive ketones (excluding diaryl/α,β-unsaturated/α-hetero) is 4. The first-order chi connectivity index (χ1) is 8.56. The molecular formula is C13H16CuO6. The Kier molecular flexibility index (Phi) is 13.0. The van der Waals surface area contributed by atoms with Gasteiger partial charge in [0.05, 0.1) is 0 Å². The molecule has 0 fully saturated rings. The molecule has 0 aromatic rings. The summed E-state index contributed by atoms with van der Waals surface area (Å²) < 4.78 is 0. The first-order valence-corrected chi connectivity index (χ1v) is 5.29. The van der Waals surface area contributed by atoms with Gasteiger partial charge in [-0.25, -0.2) is 0 Å². The van der Waals surface area contributed by atoms with E-state index in [-0.39, 0.29) is 34.5 Å². The van der Waals surface area contributed by atoms with Crippen LogP contribution in [0.5, 0.6) is 0 Å². The van der Waals surface area contributed by atoms with Gasteiger partial charge in [-0.15, -0.1) is 12.0 Å². The summed E-state index contributed by atoms with van der Waals surface area (Å²) in [4.78, 5) is 41.8. The van der Waals surface area contributed by atoms with Crippen LogP contribution in [0, 0.1) is 0 Å². The van der Waals surface area contributed by atoms with Crippen LogP contribution in [0.1, 0.15) is 34.6 Å². The van der Waals surface area contributed by atoms with E-state index < -0.39 is 28.9 Å². The van der Waals surface area contributed by atoms with Crippen LogP contribution >= 0.6 is 0 Å². The number of allylic oxidation sites excluding steroid dienone is 3. The largest absolute Gasteiger partial charge is 2.00 e. The zero-order valence-corrected chi connectivity index (χ0v) is 12.8. The molecule has 0 aromatic carbocycles. The molecule has 7 heteroatoms. The van der Waals surface area contributed by atoms with Crippen molar-refractivity contribution in [1.29, 1.82) is 0 Å². The summed E-state index contributed by atoms with van der Waals surface area (Å²) in [6.07, 6.45) is 0.282. The van der Waals surface area contributed by atoms with Crippen molar-refractivity contribution in [1.82, 2.24) is 0 Å². The predicted octanol–water partition coefficient (Wildman–Crippen LogP) is -0.795. The molecule has 0 spiro atoms. The van der Waals surface area contributed by atoms with Crippen molar-refractivity contribution in [2.45, 2.75) is 34.6 Å². The molecule has 0 aliphatic heterocycles. The van der Waals surface area contributed by atoms with E-state index in [2.05, 4.69) is 0 Å². The maximum atomic E-state index is 10.5. The number of rotatable bonds is 4. The van der Waals surface area contributed by atoms with Crippen LogP contribution in [0.2, 0.25) is 0 Å². The SMILES string of the molecule is CC(=O)C(=C[O-])C(C)=O.CC(=O)C(C(C)=O)=C(C)[O-].[Cu+2]. The van der Waals surface area contributed by atoms with Gasteiger partial charge in [0, 0.05) is 11.1 Å². The summed E-state index contributed by atoms with van der Waals surface area (Å²) in [6, 6.07) is 0. The second kappa shape index (κ2) is 11.1. The van der Waals surface area contributed by atoms with Crippen molar-refractivity contribution in [3.8, 4) is 0 Å². The minimum atomic E-state index is -0.475. The summed E-state index contributed by atoms with van der Waals surface area (Å²) in [7, 11) is 0. The fraction of sp³-hybridized carbons (Fsp3) is 0.385. The van der Waals surface area contributed by atoms with Crippen molar-refractivity contribution in [3.05, 3.63) is 23.2 Å². The Morgan fingerprint density at radius 2 is 1.05 bits per heavy atom. The topological polar surface area (TPSA) is 114 Å². The van der Waals surface area contributed by atoms with Crippen molar-refractivity contribution < 1.29 is 46.5 Å². The summed E-state index contributed by atoms with van der Waals surface area (Å²) in [6.45, 7) is 5.99. The molecule has 0 aliphatic carbocycles. The zero-order valence-electron chi connectivity index (χ0n) is 11.8. The van der Waals surface area contributed by atoms with Crippen LogP contribution in [-0.2, 0) is 36.2 Å². The van der Waals surface area contributed by atoms with Gasteiger partial charge in [-0.05, 0) is 27.7 Å². The summed E-state index contributed by atoms with van der Waals surface area (Å²) in [5, 5.41) is 20.5. The minimum absolute atomic E-state index is 0. The molecular weight excluding hydrogens is 316 g/mol. The molecule has 6 nitrogen and oxygen atoms in total. The quantitative estimate of drug-likeness (QED) is 0.219. The molecule has 0 atom stereocenters. The third-order valence-electron chi connectivity index (χ3n) is 1.93. The van der Waals surface area contributed by atoms with Crippen LogP contribution in [0.15, 0.2) is 23.2 Å². The monoisotopic (exact) mass is 331 g/mol. The van der Waals surface area contributed by atoms with Gasteiger partial charge in [0.2, 0.25) is 0 Å². The Morgan fingerprint density at radius 3 is 1.05 bits per heavy atom. The van der Waals surface area contributed by atoms with E-state index in [1.54, 1.807) is 0 Å². The minimum Gasteiger partial charge on any atom is -0.877 e. The molecule has 1 radical (unpaired) electrons. The van der Waals surface area contributed by atoms with Crippen molar-refractivity contribution >= 4 is 23.1 Å². The van der Waals surface area contributed by atoms with Gasteiger partial charge in [0.25, 0.3) is 0 Å². The Morgan fingerprint density at radius 1 is 0.750 bits per heavy atom. The predicted molar refractivity (Wildman–Crippen MR) is 63.5 cm³/mol. The third-order valence-corrected chi connectivity index (χ3v) is 1.93. The number of carbonyl (C=O) groups is 4. The molecule has 0 saturated heterocycles. The second-order valence-corrected chi connectivity index (χ2v) is 3.69. The van der Waals surface area contributed by atoms with Gasteiger partial charge in [-0.2, -0.15) is 0 Å². The number of hydrogen-bond donors (Lipinski definition) is 0. The molecule has 0 saturated carbocycles. The second-order valence-electron chi connectivity index (χ2n) is 3.69. The first-order valence-electron chi connectivity index (χ1n) is 5.29. The molecule has 0 bridgehead atoms.